The molecular weight excluding hydrogens is 473 g/mol. The third kappa shape index (κ3) is 4.90. The molecule has 2 saturated heterocycles. The first-order chi connectivity index (χ1) is 17.4. The van der Waals surface area contributed by atoms with E-state index in [-0.39, 0.29) is 17.9 Å². The Bertz CT molecular complexity index is 1220. The Balaban J connectivity index is 1.48. The normalized spacial score (nSPS) is 20.7. The van der Waals surface area contributed by atoms with Crippen LogP contribution < -0.4 is 10.2 Å². The lowest BCUT2D eigenvalue weighted by atomic mass is 9.96. The maximum atomic E-state index is 14.1. The molecule has 2 aromatic heterocycles. The number of aromatic nitrogens is 2. The highest BCUT2D eigenvalue weighted by atomic mass is 32.1. The molecule has 2 fully saturated rings. The summed E-state index contributed by atoms with van der Waals surface area (Å²) in [6.07, 6.45) is 2.90. The molecule has 1 N–H and O–H groups in total. The Kier molecular flexibility index (Phi) is 7.37. The Labute approximate surface area is 218 Å². The van der Waals surface area contributed by atoms with Crippen LogP contribution in [0.25, 0.3) is 0 Å². The maximum Gasteiger partial charge on any atom is 0.174 e. The lowest BCUT2D eigenvalue weighted by Gasteiger charge is -2.28. The molecule has 0 bridgehead atoms. The number of nitrogens with zero attached hydrogens (tertiary/aromatic N) is 4. The number of halogens is 1. The van der Waals surface area contributed by atoms with Gasteiger partial charge in [-0.1, -0.05) is 6.07 Å². The lowest BCUT2D eigenvalue weighted by molar-refractivity contribution is 0.0369. The van der Waals surface area contributed by atoms with Crippen molar-refractivity contribution in [3.63, 3.8) is 0 Å². The van der Waals surface area contributed by atoms with Crippen molar-refractivity contribution in [2.24, 2.45) is 0 Å². The minimum atomic E-state index is -0.215. The second kappa shape index (κ2) is 10.7. The van der Waals surface area contributed by atoms with Crippen LogP contribution >= 0.6 is 12.2 Å². The number of pyridine rings is 1. The van der Waals surface area contributed by atoms with Crippen molar-refractivity contribution in [1.29, 1.82) is 0 Å². The number of nitrogens with one attached hydrogen (secondary N) is 1. The van der Waals surface area contributed by atoms with Crippen molar-refractivity contribution in [3.8, 4) is 0 Å². The number of hydrogen-bond donors (Lipinski definition) is 1. The smallest absolute Gasteiger partial charge is 0.174 e. The predicted molar refractivity (Wildman–Crippen MR) is 145 cm³/mol. The number of morpholine rings is 1. The summed E-state index contributed by atoms with van der Waals surface area (Å²) < 4.78 is 22.0. The van der Waals surface area contributed by atoms with E-state index in [4.69, 9.17) is 17.0 Å². The average molecular weight is 508 g/mol. The van der Waals surface area contributed by atoms with Gasteiger partial charge in [-0.2, -0.15) is 0 Å². The highest BCUT2D eigenvalue weighted by Gasteiger charge is 2.42. The van der Waals surface area contributed by atoms with E-state index >= 15 is 0 Å². The van der Waals surface area contributed by atoms with E-state index in [1.807, 2.05) is 36.5 Å². The topological polar surface area (TPSA) is 45.6 Å². The van der Waals surface area contributed by atoms with Crippen LogP contribution in [-0.4, -0.2) is 52.4 Å². The van der Waals surface area contributed by atoms with Gasteiger partial charge in [0.15, 0.2) is 5.11 Å². The zero-order valence-corrected chi connectivity index (χ0v) is 22.0. The van der Waals surface area contributed by atoms with E-state index in [2.05, 4.69) is 44.6 Å². The number of anilines is 1. The molecule has 36 heavy (non-hydrogen) atoms. The number of benzene rings is 1. The van der Waals surface area contributed by atoms with Crippen molar-refractivity contribution < 1.29 is 9.13 Å². The molecule has 3 aromatic rings. The van der Waals surface area contributed by atoms with Crippen molar-refractivity contribution >= 4 is 23.0 Å². The molecule has 5 rings (SSSR count). The largest absolute Gasteiger partial charge is 0.379 e. The fourth-order valence-electron chi connectivity index (χ4n) is 5.48. The molecular formula is C28H34FN5OS. The highest BCUT2D eigenvalue weighted by molar-refractivity contribution is 7.80. The van der Waals surface area contributed by atoms with Crippen molar-refractivity contribution in [2.75, 3.05) is 37.7 Å². The molecule has 0 amide bonds. The third-order valence-electron chi connectivity index (χ3n) is 7.41. The molecule has 0 saturated carbocycles. The number of ether oxygens (including phenoxy) is 1. The lowest BCUT2D eigenvalue weighted by Crippen LogP contribution is -2.37. The molecule has 6 nitrogen and oxygen atoms in total. The zero-order valence-electron chi connectivity index (χ0n) is 21.2. The molecule has 0 radical (unpaired) electrons. The van der Waals surface area contributed by atoms with Gasteiger partial charge in [-0.15, -0.1) is 0 Å². The Morgan fingerprint density at radius 1 is 1.08 bits per heavy atom. The molecule has 2 aliphatic rings. The van der Waals surface area contributed by atoms with Crippen LogP contribution in [0, 0.1) is 26.6 Å². The van der Waals surface area contributed by atoms with Crippen LogP contribution in [0.1, 0.15) is 46.7 Å². The van der Waals surface area contributed by atoms with Crippen LogP contribution in [0.2, 0.25) is 0 Å². The summed E-state index contributed by atoms with van der Waals surface area (Å²) in [4.78, 5) is 9.27. The summed E-state index contributed by atoms with van der Waals surface area (Å²) in [7, 11) is 0. The Morgan fingerprint density at radius 2 is 1.89 bits per heavy atom. The quantitative estimate of drug-likeness (QED) is 0.462. The van der Waals surface area contributed by atoms with Gasteiger partial charge in [-0.3, -0.25) is 9.88 Å². The summed E-state index contributed by atoms with van der Waals surface area (Å²) in [5.41, 5.74) is 6.09. The second-order valence-electron chi connectivity index (χ2n) is 9.72. The van der Waals surface area contributed by atoms with Crippen LogP contribution in [0.3, 0.4) is 0 Å². The first-order valence-electron chi connectivity index (χ1n) is 12.7. The number of thiocarbonyl (C=S) groups is 1. The van der Waals surface area contributed by atoms with E-state index in [1.54, 1.807) is 6.92 Å². The van der Waals surface area contributed by atoms with Gasteiger partial charge in [0.05, 0.1) is 31.0 Å². The summed E-state index contributed by atoms with van der Waals surface area (Å²) in [5, 5.41) is 4.14. The minimum Gasteiger partial charge on any atom is -0.379 e. The van der Waals surface area contributed by atoms with E-state index in [0.717, 1.165) is 57.2 Å². The maximum absolute atomic E-state index is 14.1. The molecule has 1 aromatic carbocycles. The van der Waals surface area contributed by atoms with E-state index < -0.39 is 0 Å². The summed E-state index contributed by atoms with van der Waals surface area (Å²) in [6, 6.07) is 13.2. The summed E-state index contributed by atoms with van der Waals surface area (Å²) in [5.74, 6) is -0.215. The van der Waals surface area contributed by atoms with E-state index in [0.29, 0.717) is 10.7 Å². The van der Waals surface area contributed by atoms with Gasteiger partial charge in [0.2, 0.25) is 0 Å². The van der Waals surface area contributed by atoms with Gasteiger partial charge in [0.25, 0.3) is 0 Å². The van der Waals surface area contributed by atoms with Crippen LogP contribution in [0.15, 0.2) is 48.7 Å². The minimum absolute atomic E-state index is 0.101. The fraction of sp³-hybridized carbons (Fsp3) is 0.429. The molecule has 190 valence electrons. The fourth-order valence-corrected chi connectivity index (χ4v) is 5.82. The Morgan fingerprint density at radius 3 is 2.61 bits per heavy atom. The molecule has 2 aliphatic heterocycles. The van der Waals surface area contributed by atoms with Crippen molar-refractivity contribution in [2.45, 2.75) is 45.8 Å². The molecule has 0 spiro atoms. The zero-order chi connectivity index (χ0) is 25.2. The van der Waals surface area contributed by atoms with Gasteiger partial charge in [0.1, 0.15) is 5.82 Å². The van der Waals surface area contributed by atoms with E-state index in [9.17, 15) is 4.39 Å². The summed E-state index contributed by atoms with van der Waals surface area (Å²) in [6.45, 7) is 11.9. The monoisotopic (exact) mass is 507 g/mol. The molecule has 4 heterocycles. The van der Waals surface area contributed by atoms with Gasteiger partial charge in [0, 0.05) is 49.5 Å². The Hall–Kier alpha value is -2.81. The average Bonchev–Trinajstić information content (AvgIpc) is 3.37. The van der Waals surface area contributed by atoms with Crippen LogP contribution in [0.5, 0.6) is 0 Å². The number of aryl methyl sites for hydroxylation is 2. The van der Waals surface area contributed by atoms with Gasteiger partial charge in [-0.05, 0) is 86.9 Å². The first kappa shape index (κ1) is 24.9. The number of hydrogen-bond acceptors (Lipinski definition) is 4. The third-order valence-corrected chi connectivity index (χ3v) is 7.72. The molecule has 0 aliphatic carbocycles. The first-order valence-corrected chi connectivity index (χ1v) is 13.1. The SMILES string of the molecule is Cc1cc(N2C(=S)N[C@H](c3ccccn3)[C@H]2c2cc(C)n(CCCN3CCOCC3)c2C)ccc1F. The van der Waals surface area contributed by atoms with Gasteiger partial charge in [-0.25, -0.2) is 4.39 Å². The van der Waals surface area contributed by atoms with Crippen molar-refractivity contribution in [3.05, 3.63) is 82.7 Å². The van der Waals surface area contributed by atoms with Crippen LogP contribution in [-0.2, 0) is 11.3 Å². The standard InChI is InChI=1S/C28H34FN5OS/c1-19-17-22(8-9-24(19)29)34-27(26(31-28(34)36)25-7-4-5-10-30-25)23-18-20(2)33(21(23)3)12-6-11-32-13-15-35-16-14-32/h4-5,7-10,17-18,26-27H,6,11-16H2,1-3H3,(H,31,36)/t26-,27-/m1/s1. The van der Waals surface area contributed by atoms with Crippen LogP contribution in [0.4, 0.5) is 10.1 Å². The number of rotatable bonds is 7. The second-order valence-corrected chi connectivity index (χ2v) is 10.1. The highest BCUT2D eigenvalue weighted by Crippen LogP contribution is 2.43. The van der Waals surface area contributed by atoms with E-state index in [1.165, 1.54) is 23.0 Å². The summed E-state index contributed by atoms with van der Waals surface area (Å²) >= 11 is 5.85. The van der Waals surface area contributed by atoms with Gasteiger partial charge >= 0.3 is 0 Å². The predicted octanol–water partition coefficient (Wildman–Crippen LogP) is 4.85. The molecule has 0 unspecified atom stereocenters. The van der Waals surface area contributed by atoms with Gasteiger partial charge < -0.3 is 19.5 Å². The molecule has 2 atom stereocenters. The van der Waals surface area contributed by atoms with Crippen molar-refractivity contribution in [1.82, 2.24) is 19.8 Å². The molecule has 8 heteroatoms.